The number of hydrogen-bond donors (Lipinski definition) is 1. The lowest BCUT2D eigenvalue weighted by atomic mass is 9.99. The van der Waals surface area contributed by atoms with E-state index in [1.54, 1.807) is 11.3 Å². The summed E-state index contributed by atoms with van der Waals surface area (Å²) in [7, 11) is 0. The number of nitrogens with zero attached hydrogens (tertiary/aromatic N) is 4. The van der Waals surface area contributed by atoms with E-state index >= 15 is 0 Å². The van der Waals surface area contributed by atoms with E-state index in [1.165, 1.54) is 29.5 Å². The summed E-state index contributed by atoms with van der Waals surface area (Å²) < 4.78 is 1.94. The number of rotatable bonds is 2. The van der Waals surface area contributed by atoms with E-state index in [0.717, 1.165) is 35.3 Å². The summed E-state index contributed by atoms with van der Waals surface area (Å²) in [5.74, 6) is 1.61. The molecule has 106 valence electrons. The van der Waals surface area contributed by atoms with Gasteiger partial charge in [0.15, 0.2) is 5.82 Å². The highest BCUT2D eigenvalue weighted by molar-refractivity contribution is 7.19. The molecule has 0 bridgehead atoms. The summed E-state index contributed by atoms with van der Waals surface area (Å²) in [4.78, 5) is 0.905. The van der Waals surface area contributed by atoms with Crippen molar-refractivity contribution in [3.05, 3.63) is 35.2 Å². The van der Waals surface area contributed by atoms with Crippen LogP contribution in [0, 0.1) is 0 Å². The molecular weight excluding hydrogens is 282 g/mol. The van der Waals surface area contributed by atoms with E-state index in [2.05, 4.69) is 33.7 Å². The third kappa shape index (κ3) is 1.90. The van der Waals surface area contributed by atoms with E-state index in [1.807, 2.05) is 4.52 Å². The van der Waals surface area contributed by atoms with Crippen LogP contribution in [0.25, 0.3) is 15.5 Å². The van der Waals surface area contributed by atoms with E-state index < -0.39 is 0 Å². The van der Waals surface area contributed by atoms with Gasteiger partial charge in [0, 0.05) is 18.0 Å². The molecule has 1 fully saturated rings. The van der Waals surface area contributed by atoms with Crippen LogP contribution in [0.3, 0.4) is 0 Å². The standard InChI is InChI=1S/C15H15N5S/c1-4-11(7-12-8-16-6-5-9(1)12)14-19-20-13(10-2-3-10)17-18-15(20)21-14/h1,4,7,10,16H,2-3,5-6,8H2. The van der Waals surface area contributed by atoms with Crippen LogP contribution in [-0.4, -0.2) is 26.4 Å². The zero-order chi connectivity index (χ0) is 13.8. The second kappa shape index (κ2) is 4.35. The molecule has 5 nitrogen and oxygen atoms in total. The van der Waals surface area contributed by atoms with Gasteiger partial charge in [0.25, 0.3) is 0 Å². The van der Waals surface area contributed by atoms with Crippen LogP contribution < -0.4 is 5.32 Å². The highest BCUT2D eigenvalue weighted by Crippen LogP contribution is 2.40. The molecule has 1 saturated carbocycles. The van der Waals surface area contributed by atoms with Crippen molar-refractivity contribution in [3.8, 4) is 10.6 Å². The van der Waals surface area contributed by atoms with Gasteiger partial charge in [0.2, 0.25) is 4.96 Å². The van der Waals surface area contributed by atoms with Crippen molar-refractivity contribution in [2.45, 2.75) is 31.7 Å². The maximum Gasteiger partial charge on any atom is 0.234 e. The van der Waals surface area contributed by atoms with Crippen LogP contribution in [0.15, 0.2) is 18.2 Å². The summed E-state index contributed by atoms with van der Waals surface area (Å²) in [5, 5.41) is 17.8. The molecule has 0 spiro atoms. The first-order chi connectivity index (χ1) is 10.4. The first-order valence-corrected chi connectivity index (χ1v) is 8.25. The fourth-order valence-electron chi connectivity index (χ4n) is 2.96. The number of fused-ring (bicyclic) bond motifs is 2. The Kier molecular flexibility index (Phi) is 2.45. The van der Waals surface area contributed by atoms with Crippen molar-refractivity contribution in [1.82, 2.24) is 25.1 Å². The zero-order valence-electron chi connectivity index (χ0n) is 11.5. The molecule has 1 aliphatic heterocycles. The van der Waals surface area contributed by atoms with Crippen LogP contribution in [-0.2, 0) is 13.0 Å². The summed E-state index contributed by atoms with van der Waals surface area (Å²) in [6.07, 6.45) is 3.56. The molecule has 2 aliphatic rings. The molecule has 0 radical (unpaired) electrons. The van der Waals surface area contributed by atoms with Crippen LogP contribution in [0.4, 0.5) is 0 Å². The molecule has 0 amide bonds. The Morgan fingerprint density at radius 2 is 2.14 bits per heavy atom. The minimum Gasteiger partial charge on any atom is -0.312 e. The predicted octanol–water partition coefficient (Wildman–Crippen LogP) is 2.38. The van der Waals surface area contributed by atoms with Crippen LogP contribution in [0.5, 0.6) is 0 Å². The Morgan fingerprint density at radius 3 is 3.05 bits per heavy atom. The first-order valence-electron chi connectivity index (χ1n) is 7.43. The van der Waals surface area contributed by atoms with Crippen LogP contribution in [0.2, 0.25) is 0 Å². The molecule has 21 heavy (non-hydrogen) atoms. The Morgan fingerprint density at radius 1 is 1.19 bits per heavy atom. The van der Waals surface area contributed by atoms with Crippen molar-refractivity contribution in [2.75, 3.05) is 6.54 Å². The molecule has 3 aromatic rings. The van der Waals surface area contributed by atoms with Gasteiger partial charge in [-0.15, -0.1) is 10.2 Å². The average Bonchev–Trinajstić information content (AvgIpc) is 3.15. The van der Waals surface area contributed by atoms with E-state index in [4.69, 9.17) is 5.10 Å². The fourth-order valence-corrected chi connectivity index (χ4v) is 3.80. The molecular formula is C15H15N5S. The Bertz CT molecular complexity index is 830. The summed E-state index contributed by atoms with van der Waals surface area (Å²) in [6.45, 7) is 2.04. The van der Waals surface area contributed by atoms with E-state index in [0.29, 0.717) is 5.92 Å². The third-order valence-corrected chi connectivity index (χ3v) is 5.25. The average molecular weight is 297 g/mol. The Balaban J connectivity index is 1.60. The van der Waals surface area contributed by atoms with Gasteiger partial charge in [0.1, 0.15) is 5.01 Å². The molecule has 1 aromatic carbocycles. The van der Waals surface area contributed by atoms with E-state index in [-0.39, 0.29) is 0 Å². The normalized spacial score (nSPS) is 18.1. The van der Waals surface area contributed by atoms with Gasteiger partial charge in [-0.05, 0) is 43.0 Å². The molecule has 3 heterocycles. The Labute approximate surface area is 126 Å². The first kappa shape index (κ1) is 11.8. The van der Waals surface area contributed by atoms with Gasteiger partial charge >= 0.3 is 0 Å². The fraction of sp³-hybridized carbons (Fsp3) is 0.400. The molecule has 1 N–H and O–H groups in total. The number of hydrogen-bond acceptors (Lipinski definition) is 5. The van der Waals surface area contributed by atoms with E-state index in [9.17, 15) is 0 Å². The monoisotopic (exact) mass is 297 g/mol. The minimum atomic E-state index is 0.572. The molecule has 6 heteroatoms. The topological polar surface area (TPSA) is 55.1 Å². The van der Waals surface area contributed by atoms with Gasteiger partial charge in [-0.25, -0.2) is 0 Å². The van der Waals surface area contributed by atoms with Gasteiger partial charge < -0.3 is 5.32 Å². The van der Waals surface area contributed by atoms with Crippen molar-refractivity contribution < 1.29 is 0 Å². The largest absolute Gasteiger partial charge is 0.312 e. The molecule has 0 saturated heterocycles. The number of benzene rings is 1. The SMILES string of the molecule is c1cc2c(cc1-c1nn3c(C4CC4)nnc3s1)CNCC2. The minimum absolute atomic E-state index is 0.572. The molecule has 0 unspecified atom stereocenters. The summed E-state index contributed by atoms with van der Waals surface area (Å²) in [6, 6.07) is 6.70. The lowest BCUT2D eigenvalue weighted by Gasteiger charge is -2.17. The highest BCUT2D eigenvalue weighted by Gasteiger charge is 2.30. The van der Waals surface area contributed by atoms with Crippen LogP contribution >= 0.6 is 11.3 Å². The maximum atomic E-state index is 4.74. The van der Waals surface area contributed by atoms with Gasteiger partial charge in [-0.1, -0.05) is 23.5 Å². The molecule has 2 aromatic heterocycles. The molecule has 0 atom stereocenters. The molecule has 1 aliphatic carbocycles. The molecule has 5 rings (SSSR count). The summed E-state index contributed by atoms with van der Waals surface area (Å²) >= 11 is 1.62. The Hall–Kier alpha value is -1.79. The summed E-state index contributed by atoms with van der Waals surface area (Å²) in [5.41, 5.74) is 4.04. The van der Waals surface area contributed by atoms with Crippen molar-refractivity contribution in [2.24, 2.45) is 0 Å². The van der Waals surface area contributed by atoms with Gasteiger partial charge in [-0.2, -0.15) is 9.61 Å². The zero-order valence-corrected chi connectivity index (χ0v) is 12.4. The highest BCUT2D eigenvalue weighted by atomic mass is 32.1. The van der Waals surface area contributed by atoms with Crippen molar-refractivity contribution in [3.63, 3.8) is 0 Å². The third-order valence-electron chi connectivity index (χ3n) is 4.30. The lowest BCUT2D eigenvalue weighted by molar-refractivity contribution is 0.644. The second-order valence-corrected chi connectivity index (χ2v) is 6.80. The van der Waals surface area contributed by atoms with Crippen molar-refractivity contribution in [1.29, 1.82) is 0 Å². The van der Waals surface area contributed by atoms with Gasteiger partial charge in [0.05, 0.1) is 0 Å². The maximum absolute atomic E-state index is 4.74. The number of aromatic nitrogens is 4. The van der Waals surface area contributed by atoms with Crippen LogP contribution in [0.1, 0.15) is 35.7 Å². The lowest BCUT2D eigenvalue weighted by Crippen LogP contribution is -2.23. The quantitative estimate of drug-likeness (QED) is 0.789. The van der Waals surface area contributed by atoms with Crippen molar-refractivity contribution >= 4 is 16.3 Å². The smallest absolute Gasteiger partial charge is 0.234 e. The van der Waals surface area contributed by atoms with Gasteiger partial charge in [-0.3, -0.25) is 0 Å². The number of nitrogens with one attached hydrogen (secondary N) is 1. The predicted molar refractivity (Wildman–Crippen MR) is 81.5 cm³/mol. The second-order valence-electron chi connectivity index (χ2n) is 5.84.